The lowest BCUT2D eigenvalue weighted by molar-refractivity contribution is 0.206. The molecule has 18 heavy (non-hydrogen) atoms. The fourth-order valence-corrected chi connectivity index (χ4v) is 2.87. The van der Waals surface area contributed by atoms with Crippen LogP contribution >= 0.6 is 0 Å². The van der Waals surface area contributed by atoms with Gasteiger partial charge in [-0.3, -0.25) is 5.32 Å². The van der Waals surface area contributed by atoms with E-state index in [9.17, 15) is 5.26 Å². The highest BCUT2D eigenvalue weighted by Crippen LogP contribution is 2.24. The van der Waals surface area contributed by atoms with Gasteiger partial charge in [-0.2, -0.15) is 5.26 Å². The summed E-state index contributed by atoms with van der Waals surface area (Å²) in [6.45, 7) is 12.1. The summed E-state index contributed by atoms with van der Waals surface area (Å²) in [5.41, 5.74) is -0.375. The number of rotatable bonds is 7. The van der Waals surface area contributed by atoms with Crippen LogP contribution in [0.1, 0.15) is 53.4 Å². The second-order valence-corrected chi connectivity index (χ2v) is 5.98. The van der Waals surface area contributed by atoms with Gasteiger partial charge in [-0.1, -0.05) is 20.3 Å². The Morgan fingerprint density at radius 3 is 2.72 bits per heavy atom. The number of nitrogens with zero attached hydrogens (tertiary/aromatic N) is 2. The van der Waals surface area contributed by atoms with E-state index in [4.69, 9.17) is 0 Å². The van der Waals surface area contributed by atoms with Gasteiger partial charge in [-0.15, -0.1) is 0 Å². The molecule has 0 radical (unpaired) electrons. The van der Waals surface area contributed by atoms with E-state index in [0.717, 1.165) is 25.3 Å². The van der Waals surface area contributed by atoms with Gasteiger partial charge in [0.15, 0.2) is 0 Å². The van der Waals surface area contributed by atoms with Crippen LogP contribution in [-0.4, -0.2) is 36.1 Å². The third kappa shape index (κ3) is 4.26. The molecule has 3 atom stereocenters. The number of hydrogen-bond donors (Lipinski definition) is 1. The number of hydrogen-bond acceptors (Lipinski definition) is 3. The molecule has 0 bridgehead atoms. The van der Waals surface area contributed by atoms with E-state index in [2.05, 4.69) is 37.1 Å². The van der Waals surface area contributed by atoms with E-state index in [-0.39, 0.29) is 5.54 Å². The zero-order valence-corrected chi connectivity index (χ0v) is 12.5. The van der Waals surface area contributed by atoms with E-state index in [0.29, 0.717) is 6.04 Å². The zero-order valence-electron chi connectivity index (χ0n) is 12.5. The minimum Gasteiger partial charge on any atom is -0.300 e. The highest BCUT2D eigenvalue weighted by Gasteiger charge is 2.31. The first kappa shape index (κ1) is 15.5. The standard InChI is InChI=1S/C15H29N3/c1-5-8-17-15(4,12-16)10-13(3)18-9-7-14(6-2)11-18/h13-14,17H,5-11H2,1-4H3. The molecule has 104 valence electrons. The Morgan fingerprint density at radius 1 is 1.50 bits per heavy atom. The van der Waals surface area contributed by atoms with E-state index >= 15 is 0 Å². The molecule has 1 aliphatic rings. The van der Waals surface area contributed by atoms with Gasteiger partial charge in [-0.25, -0.2) is 0 Å². The van der Waals surface area contributed by atoms with Crippen molar-refractivity contribution in [3.8, 4) is 6.07 Å². The lowest BCUT2D eigenvalue weighted by Crippen LogP contribution is -2.47. The quantitative estimate of drug-likeness (QED) is 0.756. The molecule has 1 fully saturated rings. The van der Waals surface area contributed by atoms with Gasteiger partial charge < -0.3 is 4.90 Å². The second kappa shape index (κ2) is 7.11. The summed E-state index contributed by atoms with van der Waals surface area (Å²) in [6.07, 6.45) is 4.60. The van der Waals surface area contributed by atoms with Gasteiger partial charge in [0, 0.05) is 12.6 Å². The molecule has 3 heteroatoms. The van der Waals surface area contributed by atoms with Gasteiger partial charge in [-0.05, 0) is 52.1 Å². The fourth-order valence-electron chi connectivity index (χ4n) is 2.87. The van der Waals surface area contributed by atoms with Gasteiger partial charge in [0.05, 0.1) is 6.07 Å². The lowest BCUT2D eigenvalue weighted by Gasteiger charge is -2.31. The molecular formula is C15H29N3. The van der Waals surface area contributed by atoms with Crippen LogP contribution in [0.4, 0.5) is 0 Å². The van der Waals surface area contributed by atoms with Crippen LogP contribution in [0.5, 0.6) is 0 Å². The fraction of sp³-hybridized carbons (Fsp3) is 0.933. The normalized spacial score (nSPS) is 25.6. The summed E-state index contributed by atoms with van der Waals surface area (Å²) in [5.74, 6) is 0.865. The van der Waals surface area contributed by atoms with Crippen LogP contribution in [0.25, 0.3) is 0 Å². The molecule has 0 aromatic carbocycles. The highest BCUT2D eigenvalue weighted by atomic mass is 15.2. The molecule has 1 aliphatic heterocycles. The maximum Gasteiger partial charge on any atom is 0.105 e. The summed E-state index contributed by atoms with van der Waals surface area (Å²) in [4.78, 5) is 2.55. The van der Waals surface area contributed by atoms with Crippen molar-refractivity contribution in [1.29, 1.82) is 5.26 Å². The Bertz CT molecular complexity index is 284. The Kier molecular flexibility index (Phi) is 6.11. The smallest absolute Gasteiger partial charge is 0.105 e. The highest BCUT2D eigenvalue weighted by molar-refractivity contribution is 5.05. The average molecular weight is 251 g/mol. The Balaban J connectivity index is 2.47. The van der Waals surface area contributed by atoms with Crippen LogP contribution in [0.15, 0.2) is 0 Å². The minimum atomic E-state index is -0.375. The molecule has 0 aromatic heterocycles. The van der Waals surface area contributed by atoms with E-state index in [1.807, 2.05) is 6.92 Å². The van der Waals surface area contributed by atoms with E-state index < -0.39 is 0 Å². The van der Waals surface area contributed by atoms with Crippen molar-refractivity contribution in [2.45, 2.75) is 65.0 Å². The van der Waals surface area contributed by atoms with Crippen molar-refractivity contribution in [3.63, 3.8) is 0 Å². The van der Waals surface area contributed by atoms with Crippen molar-refractivity contribution < 1.29 is 0 Å². The second-order valence-electron chi connectivity index (χ2n) is 5.98. The van der Waals surface area contributed by atoms with Crippen molar-refractivity contribution in [1.82, 2.24) is 10.2 Å². The summed E-state index contributed by atoms with van der Waals surface area (Å²) in [5, 5.41) is 12.8. The molecule has 0 amide bonds. The molecule has 1 N–H and O–H groups in total. The SMILES string of the molecule is CCCNC(C)(C#N)CC(C)N1CCC(CC)C1. The lowest BCUT2D eigenvalue weighted by atomic mass is 9.94. The summed E-state index contributed by atoms with van der Waals surface area (Å²) >= 11 is 0. The zero-order chi connectivity index (χ0) is 13.6. The molecular weight excluding hydrogens is 222 g/mol. The number of nitrogens with one attached hydrogen (secondary N) is 1. The first-order valence-electron chi connectivity index (χ1n) is 7.45. The minimum absolute atomic E-state index is 0.375. The van der Waals surface area contributed by atoms with Crippen molar-refractivity contribution >= 4 is 0 Å². The predicted molar refractivity (Wildman–Crippen MR) is 76.4 cm³/mol. The molecule has 3 nitrogen and oxygen atoms in total. The molecule has 1 saturated heterocycles. The van der Waals surface area contributed by atoms with Crippen LogP contribution in [0.2, 0.25) is 0 Å². The molecule has 0 spiro atoms. The van der Waals surface area contributed by atoms with Crippen LogP contribution < -0.4 is 5.32 Å². The molecule has 0 saturated carbocycles. The molecule has 0 aliphatic carbocycles. The van der Waals surface area contributed by atoms with Crippen molar-refractivity contribution in [3.05, 3.63) is 0 Å². The Morgan fingerprint density at radius 2 is 2.22 bits per heavy atom. The van der Waals surface area contributed by atoms with Gasteiger partial charge >= 0.3 is 0 Å². The first-order chi connectivity index (χ1) is 8.54. The molecule has 3 unspecified atom stereocenters. The van der Waals surface area contributed by atoms with Crippen LogP contribution in [0, 0.1) is 17.2 Å². The van der Waals surface area contributed by atoms with Crippen molar-refractivity contribution in [2.75, 3.05) is 19.6 Å². The summed E-state index contributed by atoms with van der Waals surface area (Å²) in [7, 11) is 0. The number of likely N-dealkylation sites (tertiary alicyclic amines) is 1. The van der Waals surface area contributed by atoms with Crippen LogP contribution in [-0.2, 0) is 0 Å². The Labute approximate surface area is 113 Å². The first-order valence-corrected chi connectivity index (χ1v) is 7.45. The third-order valence-corrected chi connectivity index (χ3v) is 4.23. The maximum atomic E-state index is 9.37. The van der Waals surface area contributed by atoms with E-state index in [1.165, 1.54) is 25.9 Å². The third-order valence-electron chi connectivity index (χ3n) is 4.23. The van der Waals surface area contributed by atoms with Gasteiger partial charge in [0.1, 0.15) is 5.54 Å². The largest absolute Gasteiger partial charge is 0.300 e. The van der Waals surface area contributed by atoms with Gasteiger partial charge in [0.2, 0.25) is 0 Å². The monoisotopic (exact) mass is 251 g/mol. The summed E-state index contributed by atoms with van der Waals surface area (Å²) in [6, 6.07) is 2.95. The van der Waals surface area contributed by atoms with Crippen LogP contribution in [0.3, 0.4) is 0 Å². The molecule has 1 heterocycles. The van der Waals surface area contributed by atoms with Gasteiger partial charge in [0.25, 0.3) is 0 Å². The van der Waals surface area contributed by atoms with Crippen molar-refractivity contribution in [2.24, 2.45) is 5.92 Å². The Hall–Kier alpha value is -0.590. The molecule has 1 rings (SSSR count). The average Bonchev–Trinajstić information content (AvgIpc) is 2.85. The number of nitriles is 1. The summed E-state index contributed by atoms with van der Waals surface area (Å²) < 4.78 is 0. The molecule has 0 aromatic rings. The topological polar surface area (TPSA) is 39.1 Å². The van der Waals surface area contributed by atoms with E-state index in [1.54, 1.807) is 0 Å². The predicted octanol–water partition coefficient (Wildman–Crippen LogP) is 2.78. The maximum absolute atomic E-state index is 9.37.